The highest BCUT2D eigenvalue weighted by atomic mass is 14.9. The Kier molecular flexibility index (Phi) is 3.20. The number of H-pyrrole nitrogens is 1. The van der Waals surface area contributed by atoms with E-state index in [1.165, 1.54) is 5.56 Å². The Morgan fingerprint density at radius 2 is 1.88 bits per heavy atom. The van der Waals surface area contributed by atoms with Gasteiger partial charge in [0.1, 0.15) is 5.82 Å². The summed E-state index contributed by atoms with van der Waals surface area (Å²) in [7, 11) is 0. The lowest BCUT2D eigenvalue weighted by molar-refractivity contribution is 0.514. The smallest absolute Gasteiger partial charge is 0.109 e. The summed E-state index contributed by atoms with van der Waals surface area (Å²) in [5.41, 5.74) is 9.44. The van der Waals surface area contributed by atoms with Crippen molar-refractivity contribution in [2.45, 2.75) is 39.7 Å². The van der Waals surface area contributed by atoms with Gasteiger partial charge in [-0.15, -0.1) is 0 Å². The van der Waals surface area contributed by atoms with Crippen LogP contribution in [-0.2, 0) is 0 Å². The van der Waals surface area contributed by atoms with Crippen molar-refractivity contribution in [1.82, 2.24) is 9.97 Å². The van der Waals surface area contributed by atoms with Crippen LogP contribution >= 0.6 is 0 Å². The number of rotatable bonds is 3. The van der Waals surface area contributed by atoms with E-state index >= 15 is 0 Å². The van der Waals surface area contributed by atoms with Gasteiger partial charge >= 0.3 is 0 Å². The van der Waals surface area contributed by atoms with Crippen LogP contribution in [0.25, 0.3) is 11.0 Å². The molecule has 1 heterocycles. The van der Waals surface area contributed by atoms with Crippen molar-refractivity contribution < 1.29 is 0 Å². The first-order chi connectivity index (χ1) is 7.99. The fourth-order valence-corrected chi connectivity index (χ4v) is 1.91. The van der Waals surface area contributed by atoms with E-state index in [1.807, 2.05) is 0 Å². The molecule has 0 saturated carbocycles. The van der Waals surface area contributed by atoms with Gasteiger partial charge in [-0.25, -0.2) is 4.98 Å². The van der Waals surface area contributed by atoms with Crippen molar-refractivity contribution in [2.24, 2.45) is 11.7 Å². The van der Waals surface area contributed by atoms with Gasteiger partial charge in [-0.2, -0.15) is 0 Å². The molecule has 0 aliphatic heterocycles. The molecule has 1 aromatic heterocycles. The van der Waals surface area contributed by atoms with Gasteiger partial charge < -0.3 is 10.7 Å². The largest absolute Gasteiger partial charge is 0.342 e. The Bertz CT molecular complexity index is 511. The topological polar surface area (TPSA) is 54.7 Å². The molecule has 0 bridgehead atoms. The van der Waals surface area contributed by atoms with Crippen LogP contribution < -0.4 is 5.73 Å². The average Bonchev–Trinajstić information content (AvgIpc) is 2.70. The minimum atomic E-state index is 0.0881. The number of aromatic nitrogens is 2. The van der Waals surface area contributed by atoms with E-state index in [1.54, 1.807) is 0 Å². The maximum Gasteiger partial charge on any atom is 0.109 e. The molecule has 0 saturated heterocycles. The third-order valence-corrected chi connectivity index (χ3v) is 3.17. The highest BCUT2D eigenvalue weighted by Crippen LogP contribution is 2.23. The summed E-state index contributed by atoms with van der Waals surface area (Å²) in [5, 5.41) is 0. The van der Waals surface area contributed by atoms with E-state index in [4.69, 9.17) is 5.73 Å². The summed E-state index contributed by atoms with van der Waals surface area (Å²) in [5.74, 6) is 1.90. The molecule has 3 heteroatoms. The minimum Gasteiger partial charge on any atom is -0.342 e. The lowest BCUT2D eigenvalue weighted by Gasteiger charge is -2.15. The number of hydrogen-bond acceptors (Lipinski definition) is 2. The van der Waals surface area contributed by atoms with Gasteiger partial charge in [0.05, 0.1) is 11.0 Å². The van der Waals surface area contributed by atoms with Crippen molar-refractivity contribution in [1.29, 1.82) is 0 Å². The maximum absolute atomic E-state index is 6.16. The molecule has 1 unspecified atom stereocenters. The molecule has 0 spiro atoms. The van der Waals surface area contributed by atoms with Crippen LogP contribution in [0.5, 0.6) is 0 Å². The second-order valence-corrected chi connectivity index (χ2v) is 5.32. The molecule has 0 fully saturated rings. The van der Waals surface area contributed by atoms with Crippen LogP contribution in [0.15, 0.2) is 18.2 Å². The van der Waals surface area contributed by atoms with Crippen molar-refractivity contribution in [3.63, 3.8) is 0 Å². The summed E-state index contributed by atoms with van der Waals surface area (Å²) in [6.45, 7) is 8.56. The standard InChI is InChI=1S/C14H21N3/c1-8(2)13(15)10-5-6-11-12(7-10)17-14(16-11)9(3)4/h5-9,13H,15H2,1-4H3,(H,16,17). The Morgan fingerprint density at radius 3 is 2.47 bits per heavy atom. The number of nitrogens with zero attached hydrogens (tertiary/aromatic N) is 1. The van der Waals surface area contributed by atoms with Gasteiger partial charge in [-0.1, -0.05) is 33.8 Å². The highest BCUT2D eigenvalue weighted by Gasteiger charge is 2.12. The number of hydrogen-bond donors (Lipinski definition) is 2. The molecular formula is C14H21N3. The summed E-state index contributed by atoms with van der Waals surface area (Å²) in [6, 6.07) is 6.34. The predicted molar refractivity (Wildman–Crippen MR) is 71.9 cm³/mol. The van der Waals surface area contributed by atoms with Crippen molar-refractivity contribution in [3.8, 4) is 0 Å². The van der Waals surface area contributed by atoms with Crippen molar-refractivity contribution in [2.75, 3.05) is 0 Å². The summed E-state index contributed by atoms with van der Waals surface area (Å²) < 4.78 is 0. The second-order valence-electron chi connectivity index (χ2n) is 5.32. The highest BCUT2D eigenvalue weighted by molar-refractivity contribution is 5.76. The number of aromatic amines is 1. The molecule has 2 rings (SSSR count). The van der Waals surface area contributed by atoms with Gasteiger partial charge in [0.25, 0.3) is 0 Å². The molecule has 1 aromatic carbocycles. The Morgan fingerprint density at radius 1 is 1.18 bits per heavy atom. The van der Waals surface area contributed by atoms with Crippen LogP contribution in [0.2, 0.25) is 0 Å². The van der Waals surface area contributed by atoms with E-state index in [9.17, 15) is 0 Å². The lowest BCUT2D eigenvalue weighted by atomic mass is 9.97. The quantitative estimate of drug-likeness (QED) is 0.851. The van der Waals surface area contributed by atoms with Crippen LogP contribution in [0, 0.1) is 5.92 Å². The Balaban J connectivity index is 2.43. The number of imidazole rings is 1. The molecule has 0 radical (unpaired) electrons. The zero-order valence-corrected chi connectivity index (χ0v) is 11.0. The first kappa shape index (κ1) is 12.1. The van der Waals surface area contributed by atoms with Crippen LogP contribution in [0.1, 0.15) is 51.0 Å². The van der Waals surface area contributed by atoms with E-state index in [2.05, 4.69) is 55.9 Å². The van der Waals surface area contributed by atoms with E-state index < -0.39 is 0 Å². The predicted octanol–water partition coefficient (Wildman–Crippen LogP) is 3.34. The summed E-state index contributed by atoms with van der Waals surface area (Å²) in [4.78, 5) is 7.92. The van der Waals surface area contributed by atoms with Gasteiger partial charge in [-0.3, -0.25) is 0 Å². The number of nitrogens with one attached hydrogen (secondary N) is 1. The molecule has 3 N–H and O–H groups in total. The first-order valence-electron chi connectivity index (χ1n) is 6.24. The number of benzene rings is 1. The summed E-state index contributed by atoms with van der Waals surface area (Å²) in [6.07, 6.45) is 0. The van der Waals surface area contributed by atoms with Crippen molar-refractivity contribution >= 4 is 11.0 Å². The third-order valence-electron chi connectivity index (χ3n) is 3.17. The molecule has 17 heavy (non-hydrogen) atoms. The number of fused-ring (bicyclic) bond motifs is 1. The fourth-order valence-electron chi connectivity index (χ4n) is 1.91. The average molecular weight is 231 g/mol. The van der Waals surface area contributed by atoms with Gasteiger partial charge in [0.15, 0.2) is 0 Å². The second kappa shape index (κ2) is 4.49. The molecule has 0 amide bonds. The van der Waals surface area contributed by atoms with Crippen molar-refractivity contribution in [3.05, 3.63) is 29.6 Å². The van der Waals surface area contributed by atoms with Gasteiger partial charge in [-0.05, 0) is 23.6 Å². The minimum absolute atomic E-state index is 0.0881. The Hall–Kier alpha value is -1.35. The first-order valence-corrected chi connectivity index (χ1v) is 6.24. The normalized spacial score (nSPS) is 13.8. The van der Waals surface area contributed by atoms with Crippen LogP contribution in [0.4, 0.5) is 0 Å². The maximum atomic E-state index is 6.16. The number of nitrogens with two attached hydrogens (primary N) is 1. The Labute approximate surface area is 102 Å². The van der Waals surface area contributed by atoms with Gasteiger partial charge in [0, 0.05) is 12.0 Å². The summed E-state index contributed by atoms with van der Waals surface area (Å²) >= 11 is 0. The fraction of sp³-hybridized carbons (Fsp3) is 0.500. The molecule has 92 valence electrons. The zero-order chi connectivity index (χ0) is 12.6. The van der Waals surface area contributed by atoms with E-state index in [0.29, 0.717) is 11.8 Å². The van der Waals surface area contributed by atoms with E-state index in [0.717, 1.165) is 16.9 Å². The monoisotopic (exact) mass is 231 g/mol. The molecule has 1 atom stereocenters. The molecular weight excluding hydrogens is 210 g/mol. The third kappa shape index (κ3) is 2.34. The zero-order valence-electron chi connectivity index (χ0n) is 11.0. The molecule has 3 nitrogen and oxygen atoms in total. The molecule has 0 aliphatic carbocycles. The van der Waals surface area contributed by atoms with Crippen LogP contribution in [0.3, 0.4) is 0 Å². The van der Waals surface area contributed by atoms with E-state index in [-0.39, 0.29) is 6.04 Å². The molecule has 0 aliphatic rings. The van der Waals surface area contributed by atoms with Gasteiger partial charge in [0.2, 0.25) is 0 Å². The van der Waals surface area contributed by atoms with Crippen LogP contribution in [-0.4, -0.2) is 9.97 Å². The lowest BCUT2D eigenvalue weighted by Crippen LogP contribution is -2.16. The SMILES string of the molecule is CC(C)c1nc2ccc(C(N)C(C)C)cc2[nH]1. The molecule has 2 aromatic rings.